The second kappa shape index (κ2) is 8.58. The number of nitrogens with one attached hydrogen (secondary N) is 1. The van der Waals surface area contributed by atoms with Gasteiger partial charge in [0.05, 0.1) is 29.2 Å². The molecule has 0 saturated heterocycles. The Hall–Kier alpha value is -3.33. The van der Waals surface area contributed by atoms with Gasteiger partial charge in [0.2, 0.25) is 0 Å². The Balaban J connectivity index is 1.90. The molecule has 0 aliphatic carbocycles. The average molecular weight is 438 g/mol. The SMILES string of the molecule is CCOC(=O)c1cnn(-c2ccc(C(=O)Nc3ccccc3Cl)cc2)c1C(F)(F)F. The van der Waals surface area contributed by atoms with Crippen molar-refractivity contribution in [3.05, 3.63) is 76.6 Å². The molecule has 30 heavy (non-hydrogen) atoms. The molecular formula is C20H15ClF3N3O3. The number of anilines is 1. The van der Waals surface area contributed by atoms with Crippen molar-refractivity contribution >= 4 is 29.2 Å². The molecule has 0 aliphatic heterocycles. The number of alkyl halides is 3. The van der Waals surface area contributed by atoms with E-state index in [0.29, 0.717) is 15.4 Å². The molecule has 2 aromatic carbocycles. The summed E-state index contributed by atoms with van der Waals surface area (Å²) in [7, 11) is 0. The van der Waals surface area contributed by atoms with Crippen molar-refractivity contribution in [2.24, 2.45) is 0 Å². The first-order valence-corrected chi connectivity index (χ1v) is 9.08. The van der Waals surface area contributed by atoms with E-state index in [2.05, 4.69) is 15.2 Å². The van der Waals surface area contributed by atoms with E-state index in [1.54, 1.807) is 24.3 Å². The van der Waals surface area contributed by atoms with Gasteiger partial charge in [0.25, 0.3) is 5.91 Å². The van der Waals surface area contributed by atoms with E-state index in [1.807, 2.05) is 0 Å². The lowest BCUT2D eigenvalue weighted by molar-refractivity contribution is -0.143. The van der Waals surface area contributed by atoms with E-state index in [9.17, 15) is 22.8 Å². The third kappa shape index (κ3) is 4.46. The van der Waals surface area contributed by atoms with Gasteiger partial charge in [0, 0.05) is 5.56 Å². The number of nitrogens with zero attached hydrogens (tertiary/aromatic N) is 2. The second-order valence-electron chi connectivity index (χ2n) is 6.02. The van der Waals surface area contributed by atoms with E-state index < -0.39 is 29.3 Å². The van der Waals surface area contributed by atoms with Crippen molar-refractivity contribution in [2.45, 2.75) is 13.1 Å². The first-order chi connectivity index (χ1) is 14.2. The lowest BCUT2D eigenvalue weighted by Crippen LogP contribution is -2.18. The van der Waals surface area contributed by atoms with E-state index in [1.165, 1.54) is 31.2 Å². The summed E-state index contributed by atoms with van der Waals surface area (Å²) in [5, 5.41) is 6.66. The summed E-state index contributed by atoms with van der Waals surface area (Å²) in [5.41, 5.74) is -1.32. The lowest BCUT2D eigenvalue weighted by atomic mass is 10.1. The number of esters is 1. The zero-order valence-electron chi connectivity index (χ0n) is 15.5. The number of rotatable bonds is 5. The minimum Gasteiger partial charge on any atom is -0.462 e. The highest BCUT2D eigenvalue weighted by atomic mass is 35.5. The predicted octanol–water partition coefficient (Wildman–Crippen LogP) is 4.97. The zero-order chi connectivity index (χ0) is 21.9. The highest BCUT2D eigenvalue weighted by Gasteiger charge is 2.41. The normalized spacial score (nSPS) is 11.2. The highest BCUT2D eigenvalue weighted by Crippen LogP contribution is 2.34. The molecule has 0 radical (unpaired) electrons. The molecule has 6 nitrogen and oxygen atoms in total. The van der Waals surface area contributed by atoms with Crippen LogP contribution in [0.25, 0.3) is 5.69 Å². The summed E-state index contributed by atoms with van der Waals surface area (Å²) in [5.74, 6) is -1.61. The number of benzene rings is 2. The number of hydrogen-bond acceptors (Lipinski definition) is 4. The number of carbonyl (C=O) groups excluding carboxylic acids is 2. The number of hydrogen-bond donors (Lipinski definition) is 1. The van der Waals surface area contributed by atoms with Crippen LogP contribution in [0.3, 0.4) is 0 Å². The quantitative estimate of drug-likeness (QED) is 0.572. The second-order valence-corrected chi connectivity index (χ2v) is 6.42. The maximum absolute atomic E-state index is 13.6. The highest BCUT2D eigenvalue weighted by molar-refractivity contribution is 6.33. The predicted molar refractivity (Wildman–Crippen MR) is 104 cm³/mol. The van der Waals surface area contributed by atoms with Crippen LogP contribution in [0, 0.1) is 0 Å². The maximum atomic E-state index is 13.6. The summed E-state index contributed by atoms with van der Waals surface area (Å²) >= 11 is 6.00. The fourth-order valence-corrected chi connectivity index (χ4v) is 2.87. The average Bonchev–Trinajstić information content (AvgIpc) is 3.16. The van der Waals surface area contributed by atoms with Gasteiger partial charge in [-0.2, -0.15) is 18.3 Å². The van der Waals surface area contributed by atoms with Crippen LogP contribution in [0.1, 0.15) is 33.3 Å². The van der Waals surface area contributed by atoms with Crippen molar-refractivity contribution in [3.63, 3.8) is 0 Å². The van der Waals surface area contributed by atoms with Crippen LogP contribution >= 0.6 is 11.6 Å². The Morgan fingerprint density at radius 1 is 1.13 bits per heavy atom. The Kier molecular flexibility index (Phi) is 6.12. The molecule has 3 rings (SSSR count). The van der Waals surface area contributed by atoms with Crippen LogP contribution in [-0.2, 0) is 10.9 Å². The Bertz CT molecular complexity index is 1080. The number of aromatic nitrogens is 2. The first kappa shape index (κ1) is 21.4. The summed E-state index contributed by atoms with van der Waals surface area (Å²) in [6.45, 7) is 1.42. The monoisotopic (exact) mass is 437 g/mol. The summed E-state index contributed by atoms with van der Waals surface area (Å²) in [6, 6.07) is 11.9. The molecule has 0 aliphatic rings. The smallest absolute Gasteiger partial charge is 0.434 e. The largest absolute Gasteiger partial charge is 0.462 e. The molecule has 0 bridgehead atoms. The molecule has 0 spiro atoms. The summed E-state index contributed by atoms with van der Waals surface area (Å²) in [6.07, 6.45) is -4.04. The zero-order valence-corrected chi connectivity index (χ0v) is 16.3. The van der Waals surface area contributed by atoms with E-state index in [0.717, 1.165) is 6.20 Å². The van der Waals surface area contributed by atoms with Gasteiger partial charge in [-0.15, -0.1) is 0 Å². The van der Waals surface area contributed by atoms with E-state index >= 15 is 0 Å². The minimum atomic E-state index is -4.85. The molecule has 1 amide bonds. The molecule has 0 unspecified atom stereocenters. The fourth-order valence-electron chi connectivity index (χ4n) is 2.69. The third-order valence-corrected chi connectivity index (χ3v) is 4.36. The number of halogens is 4. The molecule has 1 aromatic heterocycles. The van der Waals surface area contributed by atoms with Crippen LogP contribution in [0.5, 0.6) is 0 Å². The molecule has 1 heterocycles. The molecule has 1 N–H and O–H groups in total. The maximum Gasteiger partial charge on any atom is 0.434 e. The van der Waals surface area contributed by atoms with Crippen LogP contribution < -0.4 is 5.32 Å². The van der Waals surface area contributed by atoms with Crippen LogP contribution in [0.2, 0.25) is 5.02 Å². The van der Waals surface area contributed by atoms with Gasteiger partial charge in [-0.25, -0.2) is 9.48 Å². The minimum absolute atomic E-state index is 0.0205. The van der Waals surface area contributed by atoms with Crippen LogP contribution in [-0.4, -0.2) is 28.3 Å². The molecule has 156 valence electrons. The Labute approximate surface area is 174 Å². The molecule has 0 fully saturated rings. The van der Waals surface area contributed by atoms with Crippen molar-refractivity contribution in [1.29, 1.82) is 0 Å². The number of carbonyl (C=O) groups is 2. The van der Waals surface area contributed by atoms with Crippen molar-refractivity contribution < 1.29 is 27.5 Å². The Morgan fingerprint density at radius 3 is 2.40 bits per heavy atom. The van der Waals surface area contributed by atoms with Gasteiger partial charge < -0.3 is 10.1 Å². The third-order valence-electron chi connectivity index (χ3n) is 4.03. The van der Waals surface area contributed by atoms with Gasteiger partial charge >= 0.3 is 12.1 Å². The topological polar surface area (TPSA) is 73.2 Å². The fraction of sp³-hybridized carbons (Fsp3) is 0.150. The molecule has 3 aromatic rings. The van der Waals surface area contributed by atoms with Crippen molar-refractivity contribution in [3.8, 4) is 5.69 Å². The van der Waals surface area contributed by atoms with Crippen LogP contribution in [0.15, 0.2) is 54.7 Å². The molecular weight excluding hydrogens is 423 g/mol. The van der Waals surface area contributed by atoms with Gasteiger partial charge in [-0.1, -0.05) is 23.7 Å². The molecule has 0 saturated carbocycles. The number of ether oxygens (including phenoxy) is 1. The molecule has 0 atom stereocenters. The van der Waals surface area contributed by atoms with Crippen molar-refractivity contribution in [2.75, 3.05) is 11.9 Å². The van der Waals surface area contributed by atoms with Crippen LogP contribution in [0.4, 0.5) is 18.9 Å². The lowest BCUT2D eigenvalue weighted by Gasteiger charge is -2.13. The van der Waals surface area contributed by atoms with Gasteiger partial charge in [0.1, 0.15) is 5.56 Å². The summed E-state index contributed by atoms with van der Waals surface area (Å²) in [4.78, 5) is 24.2. The number of amides is 1. The van der Waals surface area contributed by atoms with Crippen molar-refractivity contribution in [1.82, 2.24) is 9.78 Å². The van der Waals surface area contributed by atoms with Gasteiger partial charge in [-0.05, 0) is 43.3 Å². The molecule has 10 heteroatoms. The van der Waals surface area contributed by atoms with Gasteiger partial charge in [-0.3, -0.25) is 4.79 Å². The van der Waals surface area contributed by atoms with E-state index in [-0.39, 0.29) is 17.9 Å². The van der Waals surface area contributed by atoms with E-state index in [4.69, 9.17) is 11.6 Å². The standard InChI is InChI=1S/C20H15ClF3N3O3/c1-2-30-19(29)14-11-25-27(17(14)20(22,23)24)13-9-7-12(8-10-13)18(28)26-16-6-4-3-5-15(16)21/h3-11H,2H2,1H3,(H,26,28). The number of para-hydroxylation sites is 1. The summed E-state index contributed by atoms with van der Waals surface area (Å²) < 4.78 is 46.0. The first-order valence-electron chi connectivity index (χ1n) is 8.71. The Morgan fingerprint density at radius 2 is 1.80 bits per heavy atom. The van der Waals surface area contributed by atoms with Gasteiger partial charge in [0.15, 0.2) is 5.69 Å².